The van der Waals surface area contributed by atoms with E-state index in [4.69, 9.17) is 5.73 Å². The number of nitrogens with one attached hydrogen (secondary N) is 1. The molecule has 3 aliphatic rings. The molecule has 2 saturated carbocycles. The molecule has 0 bridgehead atoms. The summed E-state index contributed by atoms with van der Waals surface area (Å²) in [4.78, 5) is 24.2. The number of aromatic carboxylic acids is 1. The average Bonchev–Trinajstić information content (AvgIpc) is 3.54. The highest BCUT2D eigenvalue weighted by Crippen LogP contribution is 2.63. The van der Waals surface area contributed by atoms with Crippen LogP contribution >= 0.6 is 0 Å². The Morgan fingerprint density at radius 2 is 2.14 bits per heavy atom. The van der Waals surface area contributed by atoms with Crippen LogP contribution in [0.25, 0.3) is 10.9 Å². The first kappa shape index (κ1) is 17.8. The number of halogens is 1. The van der Waals surface area contributed by atoms with Gasteiger partial charge in [-0.3, -0.25) is 4.79 Å². The van der Waals surface area contributed by atoms with E-state index in [1.807, 2.05) is 11.5 Å². The number of aromatic nitrogens is 1. The Kier molecular flexibility index (Phi) is 3.74. The topological polar surface area (TPSA) is 97.3 Å². The Balaban J connectivity index is 1.71. The third-order valence-electron chi connectivity index (χ3n) is 6.82. The van der Waals surface area contributed by atoms with Crippen LogP contribution < -0.4 is 16.5 Å². The van der Waals surface area contributed by atoms with Crippen LogP contribution in [0.3, 0.4) is 0 Å². The average molecular weight is 385 g/mol. The second-order valence-electron chi connectivity index (χ2n) is 8.82. The molecule has 3 atom stereocenters. The van der Waals surface area contributed by atoms with E-state index in [1.54, 1.807) is 0 Å². The number of nitrogens with zero attached hydrogens (tertiary/aromatic N) is 1. The predicted molar refractivity (Wildman–Crippen MR) is 103 cm³/mol. The molecule has 2 aliphatic carbocycles. The molecule has 1 saturated heterocycles. The van der Waals surface area contributed by atoms with Crippen LogP contribution in [0.2, 0.25) is 0 Å². The lowest BCUT2D eigenvalue weighted by atomic mass is 9.87. The number of nitrogens with two attached hydrogens (primary N) is 1. The second kappa shape index (κ2) is 5.87. The van der Waals surface area contributed by atoms with Crippen molar-refractivity contribution in [3.05, 3.63) is 45.0 Å². The maximum absolute atomic E-state index is 15.2. The zero-order valence-electron chi connectivity index (χ0n) is 15.8. The maximum atomic E-state index is 15.2. The second-order valence-corrected chi connectivity index (χ2v) is 8.82. The summed E-state index contributed by atoms with van der Waals surface area (Å²) in [5.41, 5.74) is 7.33. The molecule has 2 heterocycles. The number of pyridine rings is 1. The van der Waals surface area contributed by atoms with Gasteiger partial charge in [0.05, 0.1) is 5.52 Å². The van der Waals surface area contributed by atoms with E-state index in [0.717, 1.165) is 44.3 Å². The molecule has 3 unspecified atom stereocenters. The highest BCUT2D eigenvalue weighted by molar-refractivity contribution is 5.94. The summed E-state index contributed by atoms with van der Waals surface area (Å²) in [7, 11) is 0. The highest BCUT2D eigenvalue weighted by atomic mass is 19.1. The van der Waals surface area contributed by atoms with Crippen molar-refractivity contribution in [2.45, 2.75) is 50.6 Å². The summed E-state index contributed by atoms with van der Waals surface area (Å²) in [6, 6.07) is 1.51. The van der Waals surface area contributed by atoms with Gasteiger partial charge >= 0.3 is 5.97 Å². The molecule has 0 amide bonds. The minimum absolute atomic E-state index is 0.0113. The largest absolute Gasteiger partial charge is 0.477 e. The predicted octanol–water partition coefficient (Wildman–Crippen LogP) is 2.28. The number of hydrogen-bond donors (Lipinski definition) is 3. The van der Waals surface area contributed by atoms with Gasteiger partial charge in [-0.1, -0.05) is 0 Å². The third kappa shape index (κ3) is 2.53. The van der Waals surface area contributed by atoms with Crippen LogP contribution in [-0.4, -0.2) is 34.8 Å². The van der Waals surface area contributed by atoms with Crippen molar-refractivity contribution in [2.75, 3.05) is 13.1 Å². The van der Waals surface area contributed by atoms with Crippen molar-refractivity contribution < 1.29 is 14.3 Å². The molecule has 148 valence electrons. The summed E-state index contributed by atoms with van der Waals surface area (Å²) in [6.45, 7) is 3.48. The monoisotopic (exact) mass is 385 g/mol. The number of hydrogen-bond acceptors (Lipinski definition) is 4. The number of carboxylic acid groups (broad SMARTS) is 1. The molecule has 1 aromatic carbocycles. The van der Waals surface area contributed by atoms with Crippen molar-refractivity contribution in [2.24, 2.45) is 11.1 Å². The fourth-order valence-electron chi connectivity index (χ4n) is 5.27. The van der Waals surface area contributed by atoms with Gasteiger partial charge in [0.15, 0.2) is 0 Å². The lowest BCUT2D eigenvalue weighted by Gasteiger charge is -2.29. The first-order valence-electron chi connectivity index (χ1n) is 9.90. The first-order valence-corrected chi connectivity index (χ1v) is 9.90. The number of carboxylic acids is 1. The van der Waals surface area contributed by atoms with Gasteiger partial charge in [0, 0.05) is 36.8 Å². The van der Waals surface area contributed by atoms with E-state index < -0.39 is 17.2 Å². The fraction of sp³-hybridized carbons (Fsp3) is 0.524. The number of carbonyl (C=O) groups is 1. The molecular weight excluding hydrogens is 361 g/mol. The van der Waals surface area contributed by atoms with E-state index in [0.29, 0.717) is 11.1 Å². The van der Waals surface area contributed by atoms with E-state index in [2.05, 4.69) is 5.32 Å². The number of aryl methyl sites for hydroxylation is 1. The van der Waals surface area contributed by atoms with Crippen LogP contribution in [0.15, 0.2) is 17.1 Å². The first-order chi connectivity index (χ1) is 13.3. The van der Waals surface area contributed by atoms with Crippen molar-refractivity contribution in [1.82, 2.24) is 9.88 Å². The lowest BCUT2D eigenvalue weighted by Crippen LogP contribution is -2.45. The Bertz CT molecular complexity index is 1070. The quantitative estimate of drug-likeness (QED) is 0.753. The van der Waals surface area contributed by atoms with Crippen LogP contribution in [0.5, 0.6) is 0 Å². The summed E-state index contributed by atoms with van der Waals surface area (Å²) in [5, 5.41) is 12.9. The van der Waals surface area contributed by atoms with Crippen LogP contribution in [0.4, 0.5) is 4.39 Å². The fourth-order valence-corrected chi connectivity index (χ4v) is 5.27. The van der Waals surface area contributed by atoms with Gasteiger partial charge in [-0.25, -0.2) is 9.18 Å². The van der Waals surface area contributed by atoms with Crippen LogP contribution in [0.1, 0.15) is 59.1 Å². The van der Waals surface area contributed by atoms with Gasteiger partial charge in [0.2, 0.25) is 5.43 Å². The number of fused-ring (bicyclic) bond motifs is 1. The van der Waals surface area contributed by atoms with E-state index >= 15 is 4.39 Å². The molecule has 4 N–H and O–H groups in total. The van der Waals surface area contributed by atoms with Gasteiger partial charge in [-0.15, -0.1) is 0 Å². The highest BCUT2D eigenvalue weighted by Gasteiger charge is 2.57. The van der Waals surface area contributed by atoms with Gasteiger partial charge in [-0.2, -0.15) is 0 Å². The molecule has 7 heteroatoms. The molecule has 2 aromatic rings. The molecular formula is C21H24FN3O3. The number of piperidine rings is 1. The van der Waals surface area contributed by atoms with Gasteiger partial charge in [0.25, 0.3) is 0 Å². The Morgan fingerprint density at radius 3 is 2.79 bits per heavy atom. The molecule has 6 nitrogen and oxygen atoms in total. The Morgan fingerprint density at radius 1 is 1.39 bits per heavy atom. The molecule has 3 fully saturated rings. The normalized spacial score (nSPS) is 29.4. The van der Waals surface area contributed by atoms with Gasteiger partial charge < -0.3 is 20.7 Å². The number of rotatable bonds is 3. The maximum Gasteiger partial charge on any atom is 0.341 e. The minimum atomic E-state index is -1.27. The van der Waals surface area contributed by atoms with Crippen molar-refractivity contribution in [1.29, 1.82) is 0 Å². The third-order valence-corrected chi connectivity index (χ3v) is 6.82. The molecule has 1 aliphatic heterocycles. The summed E-state index contributed by atoms with van der Waals surface area (Å²) < 4.78 is 17.1. The van der Waals surface area contributed by atoms with Crippen molar-refractivity contribution in [3.8, 4) is 0 Å². The summed E-state index contributed by atoms with van der Waals surface area (Å²) >= 11 is 0. The smallest absolute Gasteiger partial charge is 0.341 e. The molecule has 1 spiro atoms. The van der Waals surface area contributed by atoms with E-state index in [1.165, 1.54) is 12.3 Å². The zero-order valence-corrected chi connectivity index (χ0v) is 15.8. The summed E-state index contributed by atoms with van der Waals surface area (Å²) in [6.07, 6.45) is 5.08. The lowest BCUT2D eigenvalue weighted by molar-refractivity contribution is 0.0695. The molecule has 5 rings (SSSR count). The van der Waals surface area contributed by atoms with Crippen LogP contribution in [0, 0.1) is 18.2 Å². The molecule has 28 heavy (non-hydrogen) atoms. The minimum Gasteiger partial charge on any atom is -0.477 e. The van der Waals surface area contributed by atoms with Crippen LogP contribution in [-0.2, 0) is 0 Å². The van der Waals surface area contributed by atoms with E-state index in [-0.39, 0.29) is 34.4 Å². The molecule has 1 aromatic heterocycles. The summed E-state index contributed by atoms with van der Waals surface area (Å²) in [5.74, 6) is -1.60. The van der Waals surface area contributed by atoms with Crippen molar-refractivity contribution >= 4 is 16.9 Å². The van der Waals surface area contributed by atoms with Crippen molar-refractivity contribution in [3.63, 3.8) is 0 Å². The zero-order chi connectivity index (χ0) is 19.8. The molecule has 0 radical (unpaired) electrons. The van der Waals surface area contributed by atoms with Gasteiger partial charge in [-0.05, 0) is 61.1 Å². The van der Waals surface area contributed by atoms with E-state index in [9.17, 15) is 14.7 Å². The Hall–Kier alpha value is -2.25. The Labute approximate surface area is 161 Å². The van der Waals surface area contributed by atoms with Gasteiger partial charge in [0.1, 0.15) is 11.4 Å². The SMILES string of the molecule is Cc1c(C2CC23CNCC(N)C3)c(F)cc2c(=O)c(C(=O)O)cn(C3CC3)c12. The number of benzene rings is 1. The standard InChI is InChI=1S/C21H24FN3O3/c1-10-17(15-6-21(15)5-11(23)7-24-9-21)16(22)4-13-18(10)25(12-2-3-12)8-14(19(13)26)20(27)28/h4,8,11-12,15,24H,2-3,5-7,9,23H2,1H3,(H,27,28).